The van der Waals surface area contributed by atoms with Crippen LogP contribution in [0.1, 0.15) is 0 Å². The van der Waals surface area contributed by atoms with Gasteiger partial charge in [-0.1, -0.05) is 71.7 Å². The van der Waals surface area contributed by atoms with E-state index in [1.807, 2.05) is 24.3 Å². The lowest BCUT2D eigenvalue weighted by molar-refractivity contribution is 1.18. The lowest BCUT2D eigenvalue weighted by atomic mass is 9.99. The summed E-state index contributed by atoms with van der Waals surface area (Å²) in [4.78, 5) is 0. The van der Waals surface area contributed by atoms with E-state index in [9.17, 15) is 0 Å². The zero-order valence-electron chi connectivity index (χ0n) is 20.2. The summed E-state index contributed by atoms with van der Waals surface area (Å²) < 4.78 is 4.66. The van der Waals surface area contributed by atoms with E-state index in [0.717, 1.165) is 54.3 Å². The normalized spacial score (nSPS) is 11.9. The molecule has 0 fully saturated rings. The van der Waals surface area contributed by atoms with E-state index in [-0.39, 0.29) is 0 Å². The first-order chi connectivity index (χ1) is 18.7. The summed E-state index contributed by atoms with van der Waals surface area (Å²) in [6.45, 7) is 0. The predicted octanol–water partition coefficient (Wildman–Crippen LogP) is 10.3. The van der Waals surface area contributed by atoms with Crippen LogP contribution in [0.2, 0.25) is 10.0 Å². The molecular formula is C34H20Cl2N2. The van der Waals surface area contributed by atoms with E-state index in [2.05, 4.69) is 106 Å². The minimum Gasteiger partial charge on any atom is -0.309 e. The van der Waals surface area contributed by atoms with Gasteiger partial charge in [0.05, 0.1) is 22.1 Å². The Morgan fingerprint density at radius 3 is 1.18 bits per heavy atom. The molecule has 180 valence electrons. The van der Waals surface area contributed by atoms with Crippen molar-refractivity contribution in [3.05, 3.63) is 131 Å². The molecule has 0 unspecified atom stereocenters. The van der Waals surface area contributed by atoms with Crippen LogP contribution in [-0.2, 0) is 0 Å². The Balaban J connectivity index is 1.58. The van der Waals surface area contributed by atoms with Crippen molar-refractivity contribution in [2.24, 2.45) is 0 Å². The largest absolute Gasteiger partial charge is 0.309 e. The van der Waals surface area contributed by atoms with Gasteiger partial charge in [-0.15, -0.1) is 0 Å². The van der Waals surface area contributed by atoms with Gasteiger partial charge in [0.25, 0.3) is 0 Å². The molecule has 0 radical (unpaired) electrons. The highest BCUT2D eigenvalue weighted by molar-refractivity contribution is 6.35. The molecule has 2 heterocycles. The molecule has 0 spiro atoms. The molecule has 8 rings (SSSR count). The van der Waals surface area contributed by atoms with Gasteiger partial charge < -0.3 is 9.13 Å². The minimum absolute atomic E-state index is 0.732. The average Bonchev–Trinajstić information content (AvgIpc) is 3.46. The average molecular weight is 527 g/mol. The number of hydrogen-bond donors (Lipinski definition) is 0. The van der Waals surface area contributed by atoms with Gasteiger partial charge in [0, 0.05) is 43.0 Å². The molecule has 0 aliphatic carbocycles. The number of benzene rings is 6. The van der Waals surface area contributed by atoms with Crippen LogP contribution >= 0.6 is 23.2 Å². The standard InChI is InChI=1S/C34H20Cl2N2/c35-21-11-15-29-27(19-21)33-25-14-18-32-34(26(25)13-17-31(33)37(29)23-7-3-1-4-8-23)28-20-22(36)12-16-30(28)38(32)24-9-5-2-6-10-24/h1-20H. The van der Waals surface area contributed by atoms with Crippen LogP contribution in [0.15, 0.2) is 121 Å². The topological polar surface area (TPSA) is 9.86 Å². The summed E-state index contributed by atoms with van der Waals surface area (Å²) in [5.74, 6) is 0. The lowest BCUT2D eigenvalue weighted by Gasteiger charge is -2.09. The van der Waals surface area contributed by atoms with Crippen LogP contribution < -0.4 is 0 Å². The number of para-hydroxylation sites is 2. The highest BCUT2D eigenvalue weighted by Crippen LogP contribution is 2.43. The zero-order valence-corrected chi connectivity index (χ0v) is 21.7. The van der Waals surface area contributed by atoms with Crippen molar-refractivity contribution in [1.29, 1.82) is 0 Å². The maximum Gasteiger partial charge on any atom is 0.0547 e. The van der Waals surface area contributed by atoms with E-state index in [1.165, 1.54) is 21.5 Å². The molecule has 0 saturated heterocycles. The van der Waals surface area contributed by atoms with Crippen LogP contribution in [0.25, 0.3) is 65.8 Å². The Morgan fingerprint density at radius 1 is 0.368 bits per heavy atom. The summed E-state index contributed by atoms with van der Waals surface area (Å²) in [5.41, 5.74) is 6.84. The second-order valence-electron chi connectivity index (χ2n) is 9.68. The Labute approximate surface area is 228 Å². The SMILES string of the molecule is Clc1ccc2c(c1)c1c3ccc4c(c3ccc1n2-c1ccccc1)c1cc(Cl)ccc1n4-c1ccccc1. The Morgan fingerprint density at radius 2 is 0.763 bits per heavy atom. The quantitative estimate of drug-likeness (QED) is 0.212. The number of fused-ring (bicyclic) bond motifs is 9. The van der Waals surface area contributed by atoms with E-state index in [4.69, 9.17) is 23.2 Å². The van der Waals surface area contributed by atoms with Gasteiger partial charge in [0.2, 0.25) is 0 Å². The molecule has 8 aromatic rings. The summed E-state index contributed by atoms with van der Waals surface area (Å²) in [6, 6.07) is 42.4. The molecule has 4 heteroatoms. The van der Waals surface area contributed by atoms with Crippen molar-refractivity contribution in [3.63, 3.8) is 0 Å². The van der Waals surface area contributed by atoms with Gasteiger partial charge in [-0.2, -0.15) is 0 Å². The molecule has 0 amide bonds. The molecule has 0 N–H and O–H groups in total. The highest BCUT2D eigenvalue weighted by atomic mass is 35.5. The second-order valence-corrected chi connectivity index (χ2v) is 10.6. The molecule has 0 aliphatic rings. The molecule has 38 heavy (non-hydrogen) atoms. The van der Waals surface area contributed by atoms with Crippen LogP contribution in [-0.4, -0.2) is 9.13 Å². The first kappa shape index (κ1) is 21.8. The van der Waals surface area contributed by atoms with Crippen molar-refractivity contribution in [2.75, 3.05) is 0 Å². The summed E-state index contributed by atoms with van der Waals surface area (Å²) in [5, 5.41) is 8.55. The van der Waals surface area contributed by atoms with Crippen molar-refractivity contribution >= 4 is 77.6 Å². The van der Waals surface area contributed by atoms with Gasteiger partial charge in [0.1, 0.15) is 0 Å². The number of hydrogen-bond acceptors (Lipinski definition) is 0. The number of rotatable bonds is 2. The van der Waals surface area contributed by atoms with Gasteiger partial charge >= 0.3 is 0 Å². The number of aromatic nitrogens is 2. The van der Waals surface area contributed by atoms with E-state index >= 15 is 0 Å². The first-order valence-corrected chi connectivity index (χ1v) is 13.3. The minimum atomic E-state index is 0.732. The number of halogens is 2. The van der Waals surface area contributed by atoms with Crippen molar-refractivity contribution in [3.8, 4) is 11.4 Å². The van der Waals surface area contributed by atoms with Crippen LogP contribution in [0.4, 0.5) is 0 Å². The smallest absolute Gasteiger partial charge is 0.0547 e. The van der Waals surface area contributed by atoms with Crippen LogP contribution in [0.5, 0.6) is 0 Å². The van der Waals surface area contributed by atoms with Crippen LogP contribution in [0, 0.1) is 0 Å². The molecule has 6 aromatic carbocycles. The third kappa shape index (κ3) is 3.02. The van der Waals surface area contributed by atoms with E-state index in [1.54, 1.807) is 0 Å². The van der Waals surface area contributed by atoms with E-state index in [0.29, 0.717) is 0 Å². The van der Waals surface area contributed by atoms with Gasteiger partial charge in [-0.05, 0) is 83.6 Å². The molecule has 0 atom stereocenters. The molecular weight excluding hydrogens is 507 g/mol. The summed E-state index contributed by atoms with van der Waals surface area (Å²) in [6.07, 6.45) is 0. The molecule has 0 aliphatic heterocycles. The van der Waals surface area contributed by atoms with Crippen molar-refractivity contribution < 1.29 is 0 Å². The maximum absolute atomic E-state index is 6.56. The Kier molecular flexibility index (Phi) is 4.66. The summed E-state index contributed by atoms with van der Waals surface area (Å²) in [7, 11) is 0. The molecule has 0 bridgehead atoms. The van der Waals surface area contributed by atoms with Crippen molar-refractivity contribution in [2.45, 2.75) is 0 Å². The molecule has 2 nitrogen and oxygen atoms in total. The molecule has 0 saturated carbocycles. The first-order valence-electron chi connectivity index (χ1n) is 12.6. The third-order valence-corrected chi connectivity index (χ3v) is 8.08. The fraction of sp³-hybridized carbons (Fsp3) is 0. The van der Waals surface area contributed by atoms with Gasteiger partial charge in [0.15, 0.2) is 0 Å². The maximum atomic E-state index is 6.56. The van der Waals surface area contributed by atoms with E-state index < -0.39 is 0 Å². The second kappa shape index (κ2) is 8.13. The van der Waals surface area contributed by atoms with Gasteiger partial charge in [-0.25, -0.2) is 0 Å². The highest BCUT2D eigenvalue weighted by Gasteiger charge is 2.19. The van der Waals surface area contributed by atoms with Crippen LogP contribution in [0.3, 0.4) is 0 Å². The zero-order chi connectivity index (χ0) is 25.4. The lowest BCUT2D eigenvalue weighted by Crippen LogP contribution is -1.93. The molecule has 2 aromatic heterocycles. The Bertz CT molecular complexity index is 2030. The van der Waals surface area contributed by atoms with Gasteiger partial charge in [-0.3, -0.25) is 0 Å². The fourth-order valence-electron chi connectivity index (χ4n) is 6.10. The summed E-state index contributed by atoms with van der Waals surface area (Å²) >= 11 is 13.1. The predicted molar refractivity (Wildman–Crippen MR) is 163 cm³/mol. The third-order valence-electron chi connectivity index (χ3n) is 7.61. The number of nitrogens with zero attached hydrogens (tertiary/aromatic N) is 2. The monoisotopic (exact) mass is 526 g/mol. The fourth-order valence-corrected chi connectivity index (χ4v) is 6.44. The Hall–Kier alpha value is -4.24. The van der Waals surface area contributed by atoms with Crippen molar-refractivity contribution in [1.82, 2.24) is 9.13 Å².